The number of piperidine rings is 1. The second-order valence-corrected chi connectivity index (χ2v) is 6.50. The molecule has 2 heterocycles. The predicted octanol–water partition coefficient (Wildman–Crippen LogP) is 2.41. The summed E-state index contributed by atoms with van der Waals surface area (Å²) in [5.41, 5.74) is 0. The normalized spacial score (nSPS) is 30.6. The quantitative estimate of drug-likeness (QED) is 0.864. The van der Waals surface area contributed by atoms with Crippen LogP contribution in [-0.4, -0.2) is 52.6 Å². The van der Waals surface area contributed by atoms with Gasteiger partial charge in [0.25, 0.3) is 0 Å². The number of hydrogen-bond acceptors (Lipinski definition) is 2. The number of likely N-dealkylation sites (tertiary alicyclic amines) is 2. The van der Waals surface area contributed by atoms with Crippen LogP contribution in [-0.2, 0) is 4.79 Å². The number of carbonyl (C=O) groups is 2. The Morgan fingerprint density at radius 2 is 1.90 bits per heavy atom. The van der Waals surface area contributed by atoms with Crippen molar-refractivity contribution in [2.45, 2.75) is 52.0 Å². The number of rotatable bonds is 3. The molecule has 2 saturated heterocycles. The molecule has 2 fully saturated rings. The van der Waals surface area contributed by atoms with Gasteiger partial charge in [0.1, 0.15) is 0 Å². The Balaban J connectivity index is 1.85. The molecular formula is C15H26N2O3. The molecule has 0 aromatic heterocycles. The van der Waals surface area contributed by atoms with Crippen LogP contribution in [0.25, 0.3) is 0 Å². The molecule has 3 unspecified atom stereocenters. The standard InChI is InChI=1S/C15H26N2O3/c1-11-3-4-12(2)17(9-11)15(20)16-8-7-13(10-16)5-6-14(18)19/h11-13H,3-10H2,1-2H3,(H,18,19). The van der Waals surface area contributed by atoms with Crippen LogP contribution in [0, 0.1) is 11.8 Å². The molecule has 0 aromatic rings. The van der Waals surface area contributed by atoms with Crippen LogP contribution in [0.4, 0.5) is 4.79 Å². The Hall–Kier alpha value is -1.26. The van der Waals surface area contributed by atoms with Gasteiger partial charge in [0.05, 0.1) is 0 Å². The van der Waals surface area contributed by atoms with E-state index in [9.17, 15) is 9.59 Å². The zero-order chi connectivity index (χ0) is 14.7. The van der Waals surface area contributed by atoms with Crippen LogP contribution in [0.15, 0.2) is 0 Å². The molecular weight excluding hydrogens is 256 g/mol. The molecule has 1 N–H and O–H groups in total. The Morgan fingerprint density at radius 3 is 2.60 bits per heavy atom. The summed E-state index contributed by atoms with van der Waals surface area (Å²) >= 11 is 0. The molecule has 0 aliphatic carbocycles. The van der Waals surface area contributed by atoms with Gasteiger partial charge in [0.2, 0.25) is 0 Å². The van der Waals surface area contributed by atoms with E-state index in [1.807, 2.05) is 9.80 Å². The largest absolute Gasteiger partial charge is 0.481 e. The van der Waals surface area contributed by atoms with Crippen LogP contribution in [0.2, 0.25) is 0 Å². The van der Waals surface area contributed by atoms with Crippen LogP contribution < -0.4 is 0 Å². The number of carboxylic acid groups (broad SMARTS) is 1. The highest BCUT2D eigenvalue weighted by molar-refractivity contribution is 5.75. The van der Waals surface area contributed by atoms with Crippen molar-refractivity contribution in [2.24, 2.45) is 11.8 Å². The third-order valence-corrected chi connectivity index (χ3v) is 4.69. The van der Waals surface area contributed by atoms with Gasteiger partial charge in [-0.2, -0.15) is 0 Å². The lowest BCUT2D eigenvalue weighted by atomic mass is 9.95. The molecule has 114 valence electrons. The van der Waals surface area contributed by atoms with Crippen molar-refractivity contribution in [2.75, 3.05) is 19.6 Å². The number of nitrogens with zero attached hydrogens (tertiary/aromatic N) is 2. The summed E-state index contributed by atoms with van der Waals surface area (Å²) < 4.78 is 0. The average Bonchev–Trinajstić information content (AvgIpc) is 2.87. The van der Waals surface area contributed by atoms with Gasteiger partial charge in [-0.25, -0.2) is 4.79 Å². The minimum absolute atomic E-state index is 0.155. The van der Waals surface area contributed by atoms with Crippen molar-refractivity contribution < 1.29 is 14.7 Å². The fourth-order valence-electron chi connectivity index (χ4n) is 3.31. The predicted molar refractivity (Wildman–Crippen MR) is 76.5 cm³/mol. The maximum absolute atomic E-state index is 12.6. The second-order valence-electron chi connectivity index (χ2n) is 6.50. The van der Waals surface area contributed by atoms with Gasteiger partial charge in [-0.15, -0.1) is 0 Å². The third kappa shape index (κ3) is 3.64. The molecule has 0 saturated carbocycles. The van der Waals surface area contributed by atoms with E-state index in [4.69, 9.17) is 5.11 Å². The molecule has 3 atom stereocenters. The Labute approximate surface area is 120 Å². The van der Waals surface area contributed by atoms with Gasteiger partial charge in [-0.3, -0.25) is 4.79 Å². The summed E-state index contributed by atoms with van der Waals surface area (Å²) in [5, 5.41) is 8.73. The summed E-state index contributed by atoms with van der Waals surface area (Å²) in [6.45, 7) is 6.69. The molecule has 0 aromatic carbocycles. The van der Waals surface area contributed by atoms with E-state index in [1.165, 1.54) is 6.42 Å². The van der Waals surface area contributed by atoms with Gasteiger partial charge in [-0.1, -0.05) is 6.92 Å². The summed E-state index contributed by atoms with van der Waals surface area (Å²) in [6.07, 6.45) is 4.13. The van der Waals surface area contributed by atoms with E-state index in [-0.39, 0.29) is 12.5 Å². The summed E-state index contributed by atoms with van der Waals surface area (Å²) in [5.74, 6) is 0.196. The molecule has 2 aliphatic heterocycles. The van der Waals surface area contributed by atoms with Crippen LogP contribution in [0.3, 0.4) is 0 Å². The van der Waals surface area contributed by atoms with Gasteiger partial charge >= 0.3 is 12.0 Å². The summed E-state index contributed by atoms with van der Waals surface area (Å²) in [7, 11) is 0. The smallest absolute Gasteiger partial charge is 0.320 e. The van der Waals surface area contributed by atoms with Crippen molar-refractivity contribution in [1.82, 2.24) is 9.80 Å². The van der Waals surface area contributed by atoms with E-state index in [0.717, 1.165) is 32.5 Å². The topological polar surface area (TPSA) is 60.9 Å². The minimum atomic E-state index is -0.742. The van der Waals surface area contributed by atoms with Crippen molar-refractivity contribution in [3.05, 3.63) is 0 Å². The van der Waals surface area contributed by atoms with E-state index in [2.05, 4.69) is 13.8 Å². The highest BCUT2D eigenvalue weighted by Crippen LogP contribution is 2.26. The van der Waals surface area contributed by atoms with Gasteiger partial charge in [0, 0.05) is 32.1 Å². The lowest BCUT2D eigenvalue weighted by molar-refractivity contribution is -0.137. The molecule has 5 nitrogen and oxygen atoms in total. The monoisotopic (exact) mass is 282 g/mol. The lowest BCUT2D eigenvalue weighted by Gasteiger charge is -2.39. The highest BCUT2D eigenvalue weighted by atomic mass is 16.4. The molecule has 0 bridgehead atoms. The van der Waals surface area contributed by atoms with Gasteiger partial charge in [0.15, 0.2) is 0 Å². The van der Waals surface area contributed by atoms with E-state index in [1.54, 1.807) is 0 Å². The number of hydrogen-bond donors (Lipinski definition) is 1. The van der Waals surface area contributed by atoms with Crippen LogP contribution in [0.1, 0.15) is 46.0 Å². The Bertz CT molecular complexity index is 372. The maximum Gasteiger partial charge on any atom is 0.320 e. The molecule has 20 heavy (non-hydrogen) atoms. The highest BCUT2D eigenvalue weighted by Gasteiger charge is 2.33. The van der Waals surface area contributed by atoms with Gasteiger partial charge < -0.3 is 14.9 Å². The van der Waals surface area contributed by atoms with Crippen molar-refractivity contribution in [3.63, 3.8) is 0 Å². The first kappa shape index (κ1) is 15.1. The van der Waals surface area contributed by atoms with Crippen molar-refractivity contribution in [1.29, 1.82) is 0 Å². The molecule has 0 spiro atoms. The zero-order valence-corrected chi connectivity index (χ0v) is 12.5. The first-order chi connectivity index (χ1) is 9.47. The third-order valence-electron chi connectivity index (χ3n) is 4.69. The number of carbonyl (C=O) groups excluding carboxylic acids is 1. The lowest BCUT2D eigenvalue weighted by Crippen LogP contribution is -2.50. The van der Waals surface area contributed by atoms with Crippen LogP contribution >= 0.6 is 0 Å². The summed E-state index contributed by atoms with van der Waals surface area (Å²) in [6, 6.07) is 0.485. The summed E-state index contributed by atoms with van der Waals surface area (Å²) in [4.78, 5) is 27.1. The first-order valence-corrected chi connectivity index (χ1v) is 7.74. The fraction of sp³-hybridized carbons (Fsp3) is 0.867. The SMILES string of the molecule is CC1CCC(C)N(C(=O)N2CCC(CCC(=O)O)C2)C1. The maximum atomic E-state index is 12.6. The van der Waals surface area contributed by atoms with E-state index in [0.29, 0.717) is 24.3 Å². The van der Waals surface area contributed by atoms with Crippen molar-refractivity contribution >= 4 is 12.0 Å². The average molecular weight is 282 g/mol. The van der Waals surface area contributed by atoms with Crippen LogP contribution in [0.5, 0.6) is 0 Å². The Kier molecular flexibility index (Phi) is 4.89. The number of urea groups is 1. The molecule has 2 amide bonds. The second kappa shape index (κ2) is 6.46. The number of amides is 2. The Morgan fingerprint density at radius 1 is 1.15 bits per heavy atom. The van der Waals surface area contributed by atoms with E-state index >= 15 is 0 Å². The fourth-order valence-corrected chi connectivity index (χ4v) is 3.31. The van der Waals surface area contributed by atoms with E-state index < -0.39 is 5.97 Å². The molecule has 0 radical (unpaired) electrons. The minimum Gasteiger partial charge on any atom is -0.481 e. The first-order valence-electron chi connectivity index (χ1n) is 7.74. The number of carboxylic acids is 1. The van der Waals surface area contributed by atoms with Crippen molar-refractivity contribution in [3.8, 4) is 0 Å². The molecule has 2 aliphatic rings. The zero-order valence-electron chi connectivity index (χ0n) is 12.5. The molecule has 2 rings (SSSR count). The van der Waals surface area contributed by atoms with Gasteiger partial charge in [-0.05, 0) is 44.4 Å². The molecule has 5 heteroatoms. The number of aliphatic carboxylic acids is 1.